The van der Waals surface area contributed by atoms with Crippen LogP contribution in [0.25, 0.3) is 0 Å². The molecule has 0 aromatic heterocycles. The molecular weight excluding hydrogens is 338 g/mol. The lowest BCUT2D eigenvalue weighted by atomic mass is 10.0. The van der Waals surface area contributed by atoms with Gasteiger partial charge in [0.2, 0.25) is 5.78 Å². The van der Waals surface area contributed by atoms with Crippen molar-refractivity contribution in [3.05, 3.63) is 102 Å². The minimum atomic E-state index is -0.334. The van der Waals surface area contributed by atoms with Gasteiger partial charge in [0.15, 0.2) is 5.71 Å². The predicted molar refractivity (Wildman–Crippen MR) is 105 cm³/mol. The Morgan fingerprint density at radius 3 is 2.04 bits per heavy atom. The molecule has 3 aromatic rings. The molecule has 0 saturated carbocycles. The minimum Gasteiger partial charge on any atom is -0.320 e. The first-order valence-corrected chi connectivity index (χ1v) is 8.45. The van der Waals surface area contributed by atoms with Gasteiger partial charge in [0.1, 0.15) is 5.71 Å². The second-order valence-corrected chi connectivity index (χ2v) is 5.96. The maximum Gasteiger partial charge on any atom is 0.276 e. The van der Waals surface area contributed by atoms with Crippen molar-refractivity contribution in [1.82, 2.24) is 0 Å². The number of carbonyl (C=O) groups is 2. The van der Waals surface area contributed by atoms with Gasteiger partial charge in [-0.05, 0) is 6.07 Å². The van der Waals surface area contributed by atoms with Gasteiger partial charge in [-0.15, -0.1) is 10.2 Å². The smallest absolute Gasteiger partial charge is 0.276 e. The van der Waals surface area contributed by atoms with Crippen LogP contribution >= 0.6 is 0 Å². The lowest BCUT2D eigenvalue weighted by molar-refractivity contribution is -0.110. The molecule has 1 heterocycles. The summed E-state index contributed by atoms with van der Waals surface area (Å²) in [5, 5.41) is 11.1. The molecule has 4 rings (SSSR count). The highest BCUT2D eigenvalue weighted by Crippen LogP contribution is 2.23. The van der Waals surface area contributed by atoms with Crippen LogP contribution in [0.2, 0.25) is 0 Å². The van der Waals surface area contributed by atoms with E-state index in [0.717, 1.165) is 0 Å². The van der Waals surface area contributed by atoms with E-state index in [1.165, 1.54) is 0 Å². The van der Waals surface area contributed by atoms with Gasteiger partial charge in [0.25, 0.3) is 5.91 Å². The highest BCUT2D eigenvalue weighted by molar-refractivity contribution is 6.54. The standard InChI is InChI=1S/C22H15N3O2/c26-21(16-11-5-2-6-12-16)19(15-9-3-1-4-10-15)24-25-20-17-13-7-8-14-18(17)23-22(20)27/h1-14H,(H,23,25,27). The van der Waals surface area contributed by atoms with E-state index in [0.29, 0.717) is 22.4 Å². The first-order chi connectivity index (χ1) is 13.2. The molecule has 0 spiro atoms. The third kappa shape index (κ3) is 3.30. The number of ketones is 1. The number of hydrogen-bond acceptors (Lipinski definition) is 4. The zero-order chi connectivity index (χ0) is 18.6. The van der Waals surface area contributed by atoms with E-state index >= 15 is 0 Å². The maximum absolute atomic E-state index is 13.0. The number of nitrogens with zero attached hydrogens (tertiary/aromatic N) is 2. The van der Waals surface area contributed by atoms with Crippen LogP contribution in [0.3, 0.4) is 0 Å². The molecule has 3 aromatic carbocycles. The first-order valence-electron chi connectivity index (χ1n) is 8.45. The fourth-order valence-corrected chi connectivity index (χ4v) is 2.86. The fourth-order valence-electron chi connectivity index (χ4n) is 2.86. The van der Waals surface area contributed by atoms with Crippen molar-refractivity contribution in [3.63, 3.8) is 0 Å². The topological polar surface area (TPSA) is 70.9 Å². The van der Waals surface area contributed by atoms with Gasteiger partial charge in [-0.3, -0.25) is 9.59 Å². The molecule has 0 fully saturated rings. The molecule has 0 unspecified atom stereocenters. The fraction of sp³-hybridized carbons (Fsp3) is 0. The summed E-state index contributed by atoms with van der Waals surface area (Å²) in [7, 11) is 0. The molecule has 5 heteroatoms. The van der Waals surface area contributed by atoms with Gasteiger partial charge in [-0.25, -0.2) is 0 Å². The second-order valence-electron chi connectivity index (χ2n) is 5.96. The Morgan fingerprint density at radius 1 is 0.741 bits per heavy atom. The molecule has 1 aliphatic heterocycles. The summed E-state index contributed by atoms with van der Waals surface area (Å²) in [4.78, 5) is 25.2. The molecule has 1 N–H and O–H groups in total. The van der Waals surface area contributed by atoms with E-state index < -0.39 is 0 Å². The average molecular weight is 353 g/mol. The zero-order valence-electron chi connectivity index (χ0n) is 14.3. The highest BCUT2D eigenvalue weighted by Gasteiger charge is 2.26. The van der Waals surface area contributed by atoms with Crippen molar-refractivity contribution in [3.8, 4) is 0 Å². The molecule has 27 heavy (non-hydrogen) atoms. The molecule has 0 atom stereocenters. The largest absolute Gasteiger partial charge is 0.320 e. The lowest BCUT2D eigenvalue weighted by Gasteiger charge is -2.05. The summed E-state index contributed by atoms with van der Waals surface area (Å²) < 4.78 is 0. The highest BCUT2D eigenvalue weighted by atomic mass is 16.2. The van der Waals surface area contributed by atoms with Crippen molar-refractivity contribution >= 4 is 28.8 Å². The van der Waals surface area contributed by atoms with Crippen LogP contribution < -0.4 is 5.32 Å². The molecular formula is C22H15N3O2. The van der Waals surface area contributed by atoms with Gasteiger partial charge in [0.05, 0.1) is 5.69 Å². The Labute approximate surface area is 156 Å². The molecule has 0 radical (unpaired) electrons. The summed E-state index contributed by atoms with van der Waals surface area (Å²) in [6, 6.07) is 25.2. The summed E-state index contributed by atoms with van der Waals surface area (Å²) in [5.74, 6) is -0.586. The van der Waals surface area contributed by atoms with Gasteiger partial charge >= 0.3 is 0 Å². The van der Waals surface area contributed by atoms with Crippen LogP contribution in [0.5, 0.6) is 0 Å². The molecule has 0 aliphatic carbocycles. The number of amides is 1. The number of fused-ring (bicyclic) bond motifs is 1. The number of nitrogens with one attached hydrogen (secondary N) is 1. The van der Waals surface area contributed by atoms with Gasteiger partial charge in [-0.2, -0.15) is 0 Å². The molecule has 0 bridgehead atoms. The van der Waals surface area contributed by atoms with E-state index in [9.17, 15) is 9.59 Å². The van der Waals surface area contributed by atoms with Crippen molar-refractivity contribution in [1.29, 1.82) is 0 Å². The van der Waals surface area contributed by atoms with E-state index in [-0.39, 0.29) is 23.1 Å². The van der Waals surface area contributed by atoms with Crippen molar-refractivity contribution in [2.45, 2.75) is 0 Å². The van der Waals surface area contributed by atoms with Crippen LogP contribution in [-0.2, 0) is 4.79 Å². The lowest BCUT2D eigenvalue weighted by Crippen LogP contribution is -2.17. The Bertz CT molecular complexity index is 1070. The Kier molecular flexibility index (Phi) is 4.41. The van der Waals surface area contributed by atoms with Crippen molar-refractivity contribution in [2.24, 2.45) is 10.2 Å². The van der Waals surface area contributed by atoms with Crippen LogP contribution in [0.15, 0.2) is 95.1 Å². The number of para-hydroxylation sites is 1. The number of hydrogen-bond donors (Lipinski definition) is 1. The van der Waals surface area contributed by atoms with Crippen LogP contribution in [0, 0.1) is 0 Å². The van der Waals surface area contributed by atoms with Crippen molar-refractivity contribution in [2.75, 3.05) is 5.32 Å². The summed E-state index contributed by atoms with van der Waals surface area (Å²) in [6.07, 6.45) is 0. The van der Waals surface area contributed by atoms with E-state index in [2.05, 4.69) is 15.5 Å². The normalized spacial score (nSPS) is 14.7. The van der Waals surface area contributed by atoms with Crippen molar-refractivity contribution < 1.29 is 9.59 Å². The quantitative estimate of drug-likeness (QED) is 0.441. The van der Waals surface area contributed by atoms with E-state index in [1.54, 1.807) is 48.5 Å². The predicted octanol–water partition coefficient (Wildman–Crippen LogP) is 3.72. The third-order valence-electron chi connectivity index (χ3n) is 4.19. The minimum absolute atomic E-state index is 0.187. The summed E-state index contributed by atoms with van der Waals surface area (Å²) in [6.45, 7) is 0. The summed E-state index contributed by atoms with van der Waals surface area (Å²) >= 11 is 0. The Hall–Kier alpha value is -3.86. The van der Waals surface area contributed by atoms with Crippen LogP contribution in [-0.4, -0.2) is 23.1 Å². The number of carbonyl (C=O) groups excluding carboxylic acids is 2. The number of rotatable bonds is 4. The van der Waals surface area contributed by atoms with Gasteiger partial charge in [0, 0.05) is 16.7 Å². The van der Waals surface area contributed by atoms with Crippen LogP contribution in [0.4, 0.5) is 5.69 Å². The second kappa shape index (κ2) is 7.17. The summed E-state index contributed by atoms with van der Waals surface area (Å²) in [5.41, 5.74) is 2.89. The molecule has 0 saturated heterocycles. The zero-order valence-corrected chi connectivity index (χ0v) is 14.3. The monoisotopic (exact) mass is 353 g/mol. The Balaban J connectivity index is 1.80. The molecule has 1 aliphatic rings. The van der Waals surface area contributed by atoms with Gasteiger partial charge < -0.3 is 5.32 Å². The molecule has 1 amide bonds. The molecule has 130 valence electrons. The van der Waals surface area contributed by atoms with E-state index in [1.807, 2.05) is 36.4 Å². The SMILES string of the molecule is O=C1Nc2ccccc2C1=NN=C(C(=O)c1ccccc1)c1ccccc1. The number of Topliss-reactive ketones (excluding diaryl/α,β-unsaturated/α-hetero) is 1. The number of benzene rings is 3. The van der Waals surface area contributed by atoms with Crippen LogP contribution in [0.1, 0.15) is 21.5 Å². The Morgan fingerprint density at radius 2 is 1.33 bits per heavy atom. The number of anilines is 1. The first kappa shape index (κ1) is 16.6. The third-order valence-corrected chi connectivity index (χ3v) is 4.19. The van der Waals surface area contributed by atoms with Gasteiger partial charge in [-0.1, -0.05) is 78.9 Å². The van der Waals surface area contributed by atoms with E-state index in [4.69, 9.17) is 0 Å². The molecule has 5 nitrogen and oxygen atoms in total. The maximum atomic E-state index is 13.0. The average Bonchev–Trinajstić information content (AvgIpc) is 3.05.